The summed E-state index contributed by atoms with van der Waals surface area (Å²) < 4.78 is 64.5. The molecule has 1 fully saturated rings. The monoisotopic (exact) mass is 586 g/mol. The zero-order valence-corrected chi connectivity index (χ0v) is 22.3. The first-order valence-electron chi connectivity index (χ1n) is 12.9. The van der Waals surface area contributed by atoms with Gasteiger partial charge in [0, 0.05) is 29.9 Å². The molecule has 5 rings (SSSR count). The summed E-state index contributed by atoms with van der Waals surface area (Å²) in [5, 5.41) is 3.04. The van der Waals surface area contributed by atoms with Crippen LogP contribution in [0.15, 0.2) is 61.1 Å². The highest BCUT2D eigenvalue weighted by Gasteiger charge is 2.34. The van der Waals surface area contributed by atoms with Crippen LogP contribution in [0, 0.1) is 5.92 Å². The van der Waals surface area contributed by atoms with Gasteiger partial charge in [0.05, 0.1) is 35.5 Å². The fourth-order valence-corrected chi connectivity index (χ4v) is 4.85. The number of nitrogens with one attached hydrogen (secondary N) is 2. The van der Waals surface area contributed by atoms with Gasteiger partial charge in [0.2, 0.25) is 5.88 Å². The molecule has 1 aliphatic rings. The van der Waals surface area contributed by atoms with Crippen molar-refractivity contribution in [3.05, 3.63) is 72.3 Å². The van der Waals surface area contributed by atoms with Crippen LogP contribution in [-0.2, 0) is 22.3 Å². The number of aromatic nitrogens is 3. The number of anilines is 2. The maximum absolute atomic E-state index is 13.2. The minimum absolute atomic E-state index is 0.0832. The summed E-state index contributed by atoms with van der Waals surface area (Å²) in [6.45, 7) is 2.05. The average molecular weight is 587 g/mol. The number of esters is 1. The van der Waals surface area contributed by atoms with Crippen LogP contribution in [0.3, 0.4) is 0 Å². The van der Waals surface area contributed by atoms with E-state index in [9.17, 15) is 27.2 Å². The van der Waals surface area contributed by atoms with Gasteiger partial charge in [0.25, 0.3) is 0 Å². The second-order valence-electron chi connectivity index (χ2n) is 9.71. The second kappa shape index (κ2) is 12.0. The van der Waals surface area contributed by atoms with E-state index in [2.05, 4.69) is 20.2 Å². The Kier molecular flexibility index (Phi) is 8.24. The second-order valence-corrected chi connectivity index (χ2v) is 9.71. The van der Waals surface area contributed by atoms with Gasteiger partial charge < -0.3 is 14.8 Å². The molecule has 2 aromatic heterocycles. The number of hydrogen-bond donors (Lipinski definition) is 2. The van der Waals surface area contributed by atoms with Gasteiger partial charge in [-0.3, -0.25) is 14.3 Å². The highest BCUT2D eigenvalue weighted by atomic mass is 19.4. The number of amides is 1. The number of carbonyl (C=O) groups excluding carboxylic acids is 2. The lowest BCUT2D eigenvalue weighted by Gasteiger charge is -2.30. The van der Waals surface area contributed by atoms with Crippen molar-refractivity contribution in [3.63, 3.8) is 0 Å². The van der Waals surface area contributed by atoms with Crippen LogP contribution < -0.4 is 15.6 Å². The van der Waals surface area contributed by atoms with E-state index in [4.69, 9.17) is 9.47 Å². The number of alkyl halides is 3. The van der Waals surface area contributed by atoms with E-state index < -0.39 is 23.5 Å². The number of ether oxygens (including phenoxy) is 2. The lowest BCUT2D eigenvalue weighted by molar-refractivity contribution is -0.147. The standard InChI is InChI=1S/C28H26F4N6O4/c1-41-26(39)17-6-9-37(10-7-17)15-20-14-25(34-16-33-20)42-21-3-5-24-18(12-21)8-11-38(24)27(40)35-19-2-4-23(36-32)22(13-19)28(29,30)31/h2-5,8,11-14,16-17,36H,6-7,9-10,15H2,1H3,(H,35,40). The minimum Gasteiger partial charge on any atom is -0.469 e. The van der Waals surface area contributed by atoms with Crippen molar-refractivity contribution >= 4 is 34.3 Å². The number of likely N-dealkylation sites (tertiary alicyclic amines) is 1. The molecule has 1 saturated heterocycles. The van der Waals surface area contributed by atoms with Crippen molar-refractivity contribution in [2.24, 2.45) is 5.92 Å². The Hall–Kier alpha value is -4.72. The fraction of sp³-hybridized carbons (Fsp3) is 0.286. The van der Waals surface area contributed by atoms with E-state index in [0.717, 1.165) is 49.3 Å². The Labute approximate surface area is 237 Å². The van der Waals surface area contributed by atoms with Crippen molar-refractivity contribution < 1.29 is 36.7 Å². The zero-order valence-electron chi connectivity index (χ0n) is 22.3. The van der Waals surface area contributed by atoms with Crippen LogP contribution in [0.5, 0.6) is 11.6 Å². The van der Waals surface area contributed by atoms with E-state index in [-0.39, 0.29) is 17.6 Å². The molecule has 0 aliphatic carbocycles. The minimum atomic E-state index is -4.82. The molecule has 0 saturated carbocycles. The summed E-state index contributed by atoms with van der Waals surface area (Å²) in [6, 6.07) is 10.3. The Balaban J connectivity index is 1.24. The number of benzene rings is 2. The van der Waals surface area contributed by atoms with Crippen LogP contribution in [0.25, 0.3) is 10.9 Å². The van der Waals surface area contributed by atoms with Gasteiger partial charge >= 0.3 is 18.2 Å². The van der Waals surface area contributed by atoms with Gasteiger partial charge in [-0.15, -0.1) is 4.48 Å². The maximum atomic E-state index is 13.2. The molecular weight excluding hydrogens is 560 g/mol. The first kappa shape index (κ1) is 28.8. The average Bonchev–Trinajstić information content (AvgIpc) is 3.40. The molecule has 220 valence electrons. The van der Waals surface area contributed by atoms with Gasteiger partial charge in [-0.1, -0.05) is 0 Å². The van der Waals surface area contributed by atoms with Gasteiger partial charge in [0.15, 0.2) is 0 Å². The summed E-state index contributed by atoms with van der Waals surface area (Å²) in [4.78, 5) is 35.3. The number of piperidine rings is 1. The molecule has 0 atom stereocenters. The predicted molar refractivity (Wildman–Crippen MR) is 145 cm³/mol. The van der Waals surface area contributed by atoms with E-state index in [1.165, 1.54) is 24.2 Å². The molecule has 14 heteroatoms. The highest BCUT2D eigenvalue weighted by molar-refractivity contribution is 5.99. The van der Waals surface area contributed by atoms with Crippen LogP contribution in [0.4, 0.5) is 33.8 Å². The Morgan fingerprint density at radius 1 is 1.05 bits per heavy atom. The predicted octanol–water partition coefficient (Wildman–Crippen LogP) is 6.00. The number of hydrogen-bond acceptors (Lipinski definition) is 8. The lowest BCUT2D eigenvalue weighted by Crippen LogP contribution is -2.36. The molecule has 1 aliphatic heterocycles. The Morgan fingerprint density at radius 2 is 1.83 bits per heavy atom. The molecule has 0 spiro atoms. The zero-order chi connectivity index (χ0) is 29.9. The number of halogens is 4. The van der Waals surface area contributed by atoms with Crippen molar-refractivity contribution in [2.75, 3.05) is 31.1 Å². The number of rotatable bonds is 7. The molecule has 0 bridgehead atoms. The molecule has 1 amide bonds. The quantitative estimate of drug-likeness (QED) is 0.154. The van der Waals surface area contributed by atoms with Gasteiger partial charge in [0.1, 0.15) is 12.1 Å². The lowest BCUT2D eigenvalue weighted by atomic mass is 9.97. The van der Waals surface area contributed by atoms with Crippen molar-refractivity contribution in [2.45, 2.75) is 25.6 Å². The Morgan fingerprint density at radius 3 is 2.55 bits per heavy atom. The molecule has 10 nitrogen and oxygen atoms in total. The molecule has 0 unspecified atom stereocenters. The smallest absolute Gasteiger partial charge is 0.418 e. The third kappa shape index (κ3) is 6.43. The largest absolute Gasteiger partial charge is 0.469 e. The van der Waals surface area contributed by atoms with Crippen molar-refractivity contribution in [3.8, 4) is 11.6 Å². The number of nitrogens with zero attached hydrogens (tertiary/aromatic N) is 4. The normalized spacial score (nSPS) is 14.5. The van der Waals surface area contributed by atoms with Gasteiger partial charge in [-0.2, -0.15) is 13.2 Å². The Bertz CT molecular complexity index is 1600. The summed E-state index contributed by atoms with van der Waals surface area (Å²) >= 11 is 0. The van der Waals surface area contributed by atoms with E-state index in [0.29, 0.717) is 35.1 Å². The van der Waals surface area contributed by atoms with Crippen LogP contribution in [0.2, 0.25) is 0 Å². The molecule has 0 radical (unpaired) electrons. The van der Waals surface area contributed by atoms with Gasteiger partial charge in [-0.25, -0.2) is 20.3 Å². The third-order valence-corrected chi connectivity index (χ3v) is 6.99. The van der Waals surface area contributed by atoms with Crippen molar-refractivity contribution in [1.29, 1.82) is 0 Å². The first-order valence-corrected chi connectivity index (χ1v) is 12.9. The fourth-order valence-electron chi connectivity index (χ4n) is 4.85. The van der Waals surface area contributed by atoms with E-state index in [1.807, 2.05) is 0 Å². The third-order valence-electron chi connectivity index (χ3n) is 6.99. The summed E-state index contributed by atoms with van der Waals surface area (Å²) in [5.74, 6) is 0.517. The van der Waals surface area contributed by atoms with Crippen LogP contribution in [-0.4, -0.2) is 51.6 Å². The topological polar surface area (TPSA) is 111 Å². The molecular formula is C28H26F4N6O4. The maximum Gasteiger partial charge on any atom is 0.418 e. The summed E-state index contributed by atoms with van der Waals surface area (Å²) in [7, 11) is 1.40. The van der Waals surface area contributed by atoms with E-state index in [1.54, 1.807) is 30.3 Å². The van der Waals surface area contributed by atoms with Crippen LogP contribution >= 0.6 is 0 Å². The number of carbonyl (C=O) groups is 2. The highest BCUT2D eigenvalue weighted by Crippen LogP contribution is 2.37. The van der Waals surface area contributed by atoms with Crippen LogP contribution in [0.1, 0.15) is 24.1 Å². The number of fused-ring (bicyclic) bond motifs is 1. The number of methoxy groups -OCH3 is 1. The molecule has 3 heterocycles. The summed E-state index contributed by atoms with van der Waals surface area (Å²) in [6.07, 6.45) is -0.505. The molecule has 42 heavy (non-hydrogen) atoms. The molecule has 2 N–H and O–H groups in total. The first-order chi connectivity index (χ1) is 20.1. The molecule has 2 aromatic carbocycles. The van der Waals surface area contributed by atoms with Gasteiger partial charge in [-0.05, 0) is 68.4 Å². The van der Waals surface area contributed by atoms with E-state index >= 15 is 0 Å². The molecule has 4 aromatic rings. The summed E-state index contributed by atoms with van der Waals surface area (Å²) in [5.41, 5.74) is 0.0898. The van der Waals surface area contributed by atoms with Crippen molar-refractivity contribution in [1.82, 2.24) is 19.4 Å². The SMILES string of the molecule is COC(=O)C1CCN(Cc2cc(Oc3ccc4c(ccn4C(=O)Nc4ccc(NF)c(C(F)(F)F)c4)c3)ncn2)CC1.